The average molecular weight is 385 g/mol. The van der Waals surface area contributed by atoms with Crippen molar-refractivity contribution in [2.45, 2.75) is 25.9 Å². The topological polar surface area (TPSA) is 66.9 Å². The third kappa shape index (κ3) is 4.14. The predicted molar refractivity (Wildman–Crippen MR) is 115 cm³/mol. The van der Waals surface area contributed by atoms with Crippen molar-refractivity contribution in [2.24, 2.45) is 0 Å². The van der Waals surface area contributed by atoms with Crippen molar-refractivity contribution in [3.63, 3.8) is 0 Å². The van der Waals surface area contributed by atoms with E-state index < -0.39 is 0 Å². The van der Waals surface area contributed by atoms with Gasteiger partial charge in [-0.3, -0.25) is 9.36 Å². The minimum atomic E-state index is -0.166. The van der Waals surface area contributed by atoms with Crippen molar-refractivity contribution in [1.29, 1.82) is 0 Å². The molecule has 1 heterocycles. The van der Waals surface area contributed by atoms with Gasteiger partial charge in [0.05, 0.1) is 17.1 Å². The molecular weight excluding hydrogens is 362 g/mol. The molecule has 1 aromatic heterocycles. The number of rotatable bonds is 6. The summed E-state index contributed by atoms with van der Waals surface area (Å²) in [5.41, 5.74) is 4.06. The molecule has 0 aliphatic rings. The summed E-state index contributed by atoms with van der Waals surface area (Å²) in [5, 5.41) is 3.01. The van der Waals surface area contributed by atoms with E-state index in [0.717, 1.165) is 17.5 Å². The van der Waals surface area contributed by atoms with E-state index in [1.165, 1.54) is 5.56 Å². The van der Waals surface area contributed by atoms with Gasteiger partial charge in [-0.15, -0.1) is 0 Å². The van der Waals surface area contributed by atoms with Crippen LogP contribution in [0, 0.1) is 0 Å². The second-order valence-electron chi connectivity index (χ2n) is 7.16. The van der Waals surface area contributed by atoms with Gasteiger partial charge in [-0.05, 0) is 42.7 Å². The highest BCUT2D eigenvalue weighted by Crippen LogP contribution is 2.16. The smallest absolute Gasteiger partial charge is 0.326 e. The molecule has 5 heteroatoms. The molecule has 0 bridgehead atoms. The summed E-state index contributed by atoms with van der Waals surface area (Å²) < 4.78 is 1.72. The van der Waals surface area contributed by atoms with Crippen LogP contribution in [-0.2, 0) is 13.0 Å². The third-order valence-electron chi connectivity index (χ3n) is 5.15. The van der Waals surface area contributed by atoms with Gasteiger partial charge < -0.3 is 10.3 Å². The maximum atomic E-state index is 12.7. The molecule has 1 amide bonds. The minimum Gasteiger partial charge on any atom is -0.346 e. The van der Waals surface area contributed by atoms with E-state index in [-0.39, 0.29) is 17.6 Å². The van der Waals surface area contributed by atoms with Crippen LogP contribution in [0.4, 0.5) is 0 Å². The van der Waals surface area contributed by atoms with Crippen LogP contribution >= 0.6 is 0 Å². The lowest BCUT2D eigenvalue weighted by Gasteiger charge is -2.14. The molecule has 3 aromatic carbocycles. The third-order valence-corrected chi connectivity index (χ3v) is 5.15. The lowest BCUT2D eigenvalue weighted by molar-refractivity contribution is 0.0940. The zero-order chi connectivity index (χ0) is 20.2. The standard InChI is InChI=1S/C24H23N3O2/c1-17(19-10-6-3-7-11-19)25-23(28)20-12-13-22-21(16-20)26-24(29)27(22)15-14-18-8-4-2-5-9-18/h2-13,16-17H,14-15H2,1H3,(H,25,28)(H,26,29)/t17-/m0/s1. The summed E-state index contributed by atoms with van der Waals surface area (Å²) >= 11 is 0. The van der Waals surface area contributed by atoms with Crippen LogP contribution in [0.2, 0.25) is 0 Å². The zero-order valence-electron chi connectivity index (χ0n) is 16.3. The van der Waals surface area contributed by atoms with Gasteiger partial charge in [0.25, 0.3) is 5.91 Å². The molecule has 0 aliphatic carbocycles. The van der Waals surface area contributed by atoms with Crippen LogP contribution < -0.4 is 11.0 Å². The molecule has 29 heavy (non-hydrogen) atoms. The Balaban J connectivity index is 1.52. The Hall–Kier alpha value is -3.60. The number of H-pyrrole nitrogens is 1. The number of hydrogen-bond donors (Lipinski definition) is 2. The monoisotopic (exact) mass is 385 g/mol. The van der Waals surface area contributed by atoms with Gasteiger partial charge >= 0.3 is 5.69 Å². The molecule has 0 aliphatic heterocycles. The number of nitrogens with zero attached hydrogens (tertiary/aromatic N) is 1. The van der Waals surface area contributed by atoms with Crippen LogP contribution in [0.3, 0.4) is 0 Å². The first-order valence-corrected chi connectivity index (χ1v) is 9.74. The first-order chi connectivity index (χ1) is 14.1. The van der Waals surface area contributed by atoms with E-state index >= 15 is 0 Å². The lowest BCUT2D eigenvalue weighted by atomic mass is 10.1. The van der Waals surface area contributed by atoms with Crippen molar-refractivity contribution in [2.75, 3.05) is 0 Å². The normalized spacial score (nSPS) is 12.0. The maximum Gasteiger partial charge on any atom is 0.326 e. The quantitative estimate of drug-likeness (QED) is 0.526. The number of hydrogen-bond acceptors (Lipinski definition) is 2. The number of aromatic nitrogens is 2. The van der Waals surface area contributed by atoms with Gasteiger partial charge in [-0.25, -0.2) is 4.79 Å². The SMILES string of the molecule is C[C@H](NC(=O)c1ccc2c(c1)[nH]c(=O)n2CCc1ccccc1)c1ccccc1. The van der Waals surface area contributed by atoms with Crippen LogP contribution in [0.25, 0.3) is 11.0 Å². The summed E-state index contributed by atoms with van der Waals surface area (Å²) in [4.78, 5) is 27.9. The fraction of sp³-hybridized carbons (Fsp3) is 0.167. The maximum absolute atomic E-state index is 12.7. The Morgan fingerprint density at radius 3 is 2.41 bits per heavy atom. The van der Waals surface area contributed by atoms with Gasteiger partial charge in [0, 0.05) is 12.1 Å². The second kappa shape index (κ2) is 8.19. The van der Waals surface area contributed by atoms with Crippen LogP contribution in [0.5, 0.6) is 0 Å². The molecule has 0 saturated carbocycles. The number of nitrogens with one attached hydrogen (secondary N) is 2. The number of amides is 1. The number of fused-ring (bicyclic) bond motifs is 1. The van der Waals surface area contributed by atoms with Crippen molar-refractivity contribution in [3.05, 3.63) is 106 Å². The molecule has 0 saturated heterocycles. The average Bonchev–Trinajstić information content (AvgIpc) is 3.07. The number of imidazole rings is 1. The molecule has 2 N–H and O–H groups in total. The minimum absolute atomic E-state index is 0.103. The Bertz CT molecular complexity index is 1180. The summed E-state index contributed by atoms with van der Waals surface area (Å²) in [6.45, 7) is 2.53. The van der Waals surface area contributed by atoms with Crippen molar-refractivity contribution < 1.29 is 4.79 Å². The first-order valence-electron chi connectivity index (χ1n) is 9.74. The van der Waals surface area contributed by atoms with Gasteiger partial charge in [-0.1, -0.05) is 60.7 Å². The zero-order valence-corrected chi connectivity index (χ0v) is 16.3. The van der Waals surface area contributed by atoms with Gasteiger partial charge in [0.15, 0.2) is 0 Å². The van der Waals surface area contributed by atoms with E-state index in [4.69, 9.17) is 0 Å². The fourth-order valence-electron chi connectivity index (χ4n) is 3.52. The molecule has 0 spiro atoms. The number of carbonyl (C=O) groups excluding carboxylic acids is 1. The molecule has 4 aromatic rings. The predicted octanol–water partition coefficient (Wildman–Crippen LogP) is 4.06. The fourth-order valence-corrected chi connectivity index (χ4v) is 3.52. The van der Waals surface area contributed by atoms with Crippen molar-refractivity contribution in [1.82, 2.24) is 14.9 Å². The van der Waals surface area contributed by atoms with E-state index in [2.05, 4.69) is 22.4 Å². The molecule has 0 fully saturated rings. The molecule has 0 unspecified atom stereocenters. The largest absolute Gasteiger partial charge is 0.346 e. The molecule has 1 atom stereocenters. The highest BCUT2D eigenvalue weighted by atomic mass is 16.2. The highest BCUT2D eigenvalue weighted by Gasteiger charge is 2.14. The van der Waals surface area contributed by atoms with Crippen LogP contribution in [-0.4, -0.2) is 15.5 Å². The molecular formula is C24H23N3O2. The van der Waals surface area contributed by atoms with Crippen molar-refractivity contribution >= 4 is 16.9 Å². The summed E-state index contributed by atoms with van der Waals surface area (Å²) in [7, 11) is 0. The highest BCUT2D eigenvalue weighted by molar-refractivity contribution is 5.97. The van der Waals surface area contributed by atoms with Crippen molar-refractivity contribution in [3.8, 4) is 0 Å². The second-order valence-corrected chi connectivity index (χ2v) is 7.16. The van der Waals surface area contributed by atoms with Crippen LogP contribution in [0.15, 0.2) is 83.7 Å². The first kappa shape index (κ1) is 18.7. The van der Waals surface area contributed by atoms with E-state index in [0.29, 0.717) is 17.6 Å². The van der Waals surface area contributed by atoms with Gasteiger partial charge in [0.1, 0.15) is 0 Å². The molecule has 4 rings (SSSR count). The summed E-state index contributed by atoms with van der Waals surface area (Å²) in [5.74, 6) is -0.166. The number of benzene rings is 3. The van der Waals surface area contributed by atoms with E-state index in [1.54, 1.807) is 16.7 Å². The summed E-state index contributed by atoms with van der Waals surface area (Å²) in [6, 6.07) is 25.1. The van der Waals surface area contributed by atoms with Gasteiger partial charge in [0.2, 0.25) is 0 Å². The Morgan fingerprint density at radius 2 is 1.69 bits per heavy atom. The van der Waals surface area contributed by atoms with E-state index in [1.807, 2.05) is 61.5 Å². The van der Waals surface area contributed by atoms with Crippen LogP contribution in [0.1, 0.15) is 34.5 Å². The number of carbonyl (C=O) groups is 1. The Labute approximate surface area is 169 Å². The number of aromatic amines is 1. The lowest BCUT2D eigenvalue weighted by Crippen LogP contribution is -2.26. The number of aryl methyl sites for hydroxylation is 2. The molecule has 146 valence electrons. The summed E-state index contributed by atoms with van der Waals surface area (Å²) in [6.07, 6.45) is 0.768. The molecule has 0 radical (unpaired) electrons. The Kier molecular flexibility index (Phi) is 5.29. The Morgan fingerprint density at radius 1 is 1.00 bits per heavy atom. The van der Waals surface area contributed by atoms with Gasteiger partial charge in [-0.2, -0.15) is 0 Å². The molecule has 5 nitrogen and oxygen atoms in total. The van der Waals surface area contributed by atoms with E-state index in [9.17, 15) is 9.59 Å².